The van der Waals surface area contributed by atoms with Crippen molar-refractivity contribution in [2.75, 3.05) is 25.6 Å². The van der Waals surface area contributed by atoms with Crippen LogP contribution in [0.1, 0.15) is 37.8 Å². The number of aliphatic imine (C=N–C) groups is 1. The second-order valence-electron chi connectivity index (χ2n) is 7.63. The van der Waals surface area contributed by atoms with Crippen molar-refractivity contribution in [1.82, 2.24) is 10.6 Å². The van der Waals surface area contributed by atoms with Crippen LogP contribution in [0.5, 0.6) is 11.5 Å². The van der Waals surface area contributed by atoms with E-state index in [1.54, 1.807) is 7.11 Å². The van der Waals surface area contributed by atoms with Gasteiger partial charge in [-0.15, -0.1) is 24.0 Å². The zero-order chi connectivity index (χ0) is 22.1. The van der Waals surface area contributed by atoms with Gasteiger partial charge < -0.3 is 25.4 Å². The lowest BCUT2D eigenvalue weighted by Crippen LogP contribution is -2.36. The molecule has 7 nitrogen and oxygen atoms in total. The lowest BCUT2D eigenvalue weighted by Gasteiger charge is -2.15. The average Bonchev–Trinajstić information content (AvgIpc) is 3.59. The number of nitrogens with one attached hydrogen (secondary N) is 3. The van der Waals surface area contributed by atoms with Crippen LogP contribution in [-0.2, 0) is 17.9 Å². The van der Waals surface area contributed by atoms with Crippen LogP contribution in [0.3, 0.4) is 0 Å². The predicted molar refractivity (Wildman–Crippen MR) is 139 cm³/mol. The number of halogens is 1. The summed E-state index contributed by atoms with van der Waals surface area (Å²) in [7, 11) is 1.58. The maximum Gasteiger partial charge on any atom is 0.221 e. The lowest BCUT2D eigenvalue weighted by atomic mass is 10.2. The van der Waals surface area contributed by atoms with E-state index in [-0.39, 0.29) is 29.9 Å². The summed E-state index contributed by atoms with van der Waals surface area (Å²) in [6.07, 6.45) is 2.54. The Labute approximate surface area is 207 Å². The molecule has 1 amide bonds. The number of methoxy groups -OCH3 is 1. The van der Waals surface area contributed by atoms with Crippen molar-refractivity contribution in [1.29, 1.82) is 0 Å². The molecule has 3 N–H and O–H groups in total. The van der Waals surface area contributed by atoms with E-state index >= 15 is 0 Å². The zero-order valence-electron chi connectivity index (χ0n) is 18.9. The lowest BCUT2D eigenvalue weighted by molar-refractivity contribution is -0.114. The fourth-order valence-corrected chi connectivity index (χ4v) is 3.11. The molecule has 0 radical (unpaired) electrons. The zero-order valence-corrected chi connectivity index (χ0v) is 21.3. The summed E-state index contributed by atoms with van der Waals surface area (Å²) in [6.45, 7) is 6.14. The predicted octanol–water partition coefficient (Wildman–Crippen LogP) is 4.32. The smallest absolute Gasteiger partial charge is 0.221 e. The van der Waals surface area contributed by atoms with Crippen LogP contribution in [-0.4, -0.2) is 32.1 Å². The summed E-state index contributed by atoms with van der Waals surface area (Å²) < 4.78 is 11.3. The van der Waals surface area contributed by atoms with Crippen molar-refractivity contribution in [2.45, 2.75) is 39.8 Å². The molecule has 32 heavy (non-hydrogen) atoms. The highest BCUT2D eigenvalue weighted by molar-refractivity contribution is 14.0. The standard InChI is InChI=1S/C24H32N4O3.HI/c1-4-25-24(26-14-19-11-12-23(30-3)21(13-19)28-17(2)29)27-15-20-7-5-6-8-22(20)31-16-18-9-10-18;/h5-8,11-13,18H,4,9-10,14-16H2,1-3H3,(H,28,29)(H2,25,26,27);1H. The van der Waals surface area contributed by atoms with E-state index in [0.717, 1.165) is 36.0 Å². The van der Waals surface area contributed by atoms with Crippen LogP contribution >= 0.6 is 24.0 Å². The van der Waals surface area contributed by atoms with Gasteiger partial charge in [0.15, 0.2) is 5.96 Å². The molecule has 1 aliphatic rings. The van der Waals surface area contributed by atoms with E-state index in [0.29, 0.717) is 30.4 Å². The largest absolute Gasteiger partial charge is 0.495 e. The third-order valence-electron chi connectivity index (χ3n) is 4.93. The van der Waals surface area contributed by atoms with E-state index in [1.165, 1.54) is 19.8 Å². The van der Waals surface area contributed by atoms with E-state index in [2.05, 4.69) is 27.0 Å². The molecule has 0 saturated heterocycles. The minimum atomic E-state index is -0.142. The van der Waals surface area contributed by atoms with Gasteiger partial charge in [0.25, 0.3) is 0 Å². The molecule has 0 aromatic heterocycles. The maximum absolute atomic E-state index is 11.5. The molecule has 0 unspecified atom stereocenters. The summed E-state index contributed by atoms with van der Waals surface area (Å²) >= 11 is 0. The Bertz CT molecular complexity index is 916. The van der Waals surface area contributed by atoms with E-state index < -0.39 is 0 Å². The highest BCUT2D eigenvalue weighted by atomic mass is 127. The van der Waals surface area contributed by atoms with Crippen molar-refractivity contribution >= 4 is 41.5 Å². The Kier molecular flexibility index (Phi) is 10.6. The summed E-state index contributed by atoms with van der Waals surface area (Å²) in [4.78, 5) is 16.1. The third kappa shape index (κ3) is 8.22. The van der Waals surface area contributed by atoms with Crippen molar-refractivity contribution < 1.29 is 14.3 Å². The van der Waals surface area contributed by atoms with Gasteiger partial charge in [-0.1, -0.05) is 24.3 Å². The first-order chi connectivity index (χ1) is 15.1. The number of hydrogen-bond acceptors (Lipinski definition) is 4. The first-order valence-corrected chi connectivity index (χ1v) is 10.8. The van der Waals surface area contributed by atoms with E-state index in [9.17, 15) is 4.79 Å². The van der Waals surface area contributed by atoms with Gasteiger partial charge in [0.05, 0.1) is 25.9 Å². The third-order valence-corrected chi connectivity index (χ3v) is 4.93. The monoisotopic (exact) mass is 552 g/mol. The van der Waals surface area contributed by atoms with E-state index in [1.807, 2.05) is 43.3 Å². The summed E-state index contributed by atoms with van der Waals surface area (Å²) in [5, 5.41) is 9.46. The molecule has 0 aliphatic heterocycles. The summed E-state index contributed by atoms with van der Waals surface area (Å²) in [5.41, 5.74) is 2.71. The number of rotatable bonds is 10. The molecule has 174 valence electrons. The number of hydrogen-bond donors (Lipinski definition) is 3. The Morgan fingerprint density at radius 2 is 1.91 bits per heavy atom. The van der Waals surface area contributed by atoms with Gasteiger partial charge in [0.1, 0.15) is 11.5 Å². The molecule has 2 aromatic carbocycles. The molecule has 3 rings (SSSR count). The molecule has 1 aliphatic carbocycles. The Hall–Kier alpha value is -2.49. The summed E-state index contributed by atoms with van der Waals surface area (Å²) in [6, 6.07) is 13.8. The molecule has 0 spiro atoms. The normalized spacial score (nSPS) is 13.0. The Morgan fingerprint density at radius 1 is 1.12 bits per heavy atom. The number of amides is 1. The van der Waals surface area contributed by atoms with Crippen LogP contribution in [0.15, 0.2) is 47.5 Å². The van der Waals surface area contributed by atoms with Crippen LogP contribution in [0.25, 0.3) is 0 Å². The number of ether oxygens (including phenoxy) is 2. The van der Waals surface area contributed by atoms with Crippen LogP contribution in [0, 0.1) is 5.92 Å². The number of benzene rings is 2. The fourth-order valence-electron chi connectivity index (χ4n) is 3.11. The molecule has 0 heterocycles. The summed E-state index contributed by atoms with van der Waals surface area (Å²) in [5.74, 6) is 2.84. The number of carbonyl (C=O) groups is 1. The molecule has 0 atom stereocenters. The number of para-hydroxylation sites is 1. The molecule has 8 heteroatoms. The first kappa shape index (κ1) is 25.8. The van der Waals surface area contributed by atoms with Gasteiger partial charge in [-0.25, -0.2) is 4.99 Å². The SMILES string of the molecule is CCNC(=NCc1ccc(OC)c(NC(C)=O)c1)NCc1ccccc1OCC1CC1.I. The second kappa shape index (κ2) is 13.1. The van der Waals surface area contributed by atoms with Crippen LogP contribution in [0.2, 0.25) is 0 Å². The molecule has 1 fully saturated rings. The quantitative estimate of drug-likeness (QED) is 0.233. The van der Waals surface area contributed by atoms with Gasteiger partial charge >= 0.3 is 0 Å². The maximum atomic E-state index is 11.5. The molecular weight excluding hydrogens is 519 g/mol. The molecule has 0 bridgehead atoms. The van der Waals surface area contributed by atoms with Gasteiger partial charge in [-0.2, -0.15) is 0 Å². The second-order valence-corrected chi connectivity index (χ2v) is 7.63. The van der Waals surface area contributed by atoms with E-state index in [4.69, 9.17) is 9.47 Å². The average molecular weight is 552 g/mol. The van der Waals surface area contributed by atoms with Crippen molar-refractivity contribution in [3.8, 4) is 11.5 Å². The Balaban J connectivity index is 0.00000363. The van der Waals surface area contributed by atoms with Gasteiger partial charge in [0, 0.05) is 25.6 Å². The van der Waals surface area contributed by atoms with Gasteiger partial charge in [0.2, 0.25) is 5.91 Å². The van der Waals surface area contributed by atoms with Crippen molar-refractivity contribution in [3.63, 3.8) is 0 Å². The highest BCUT2D eigenvalue weighted by Gasteiger charge is 2.22. The fraction of sp³-hybridized carbons (Fsp3) is 0.417. The minimum Gasteiger partial charge on any atom is -0.495 e. The van der Waals surface area contributed by atoms with Crippen molar-refractivity contribution in [2.24, 2.45) is 10.9 Å². The number of anilines is 1. The van der Waals surface area contributed by atoms with Crippen LogP contribution in [0.4, 0.5) is 5.69 Å². The van der Waals surface area contributed by atoms with Gasteiger partial charge in [-0.3, -0.25) is 4.79 Å². The molecular formula is C24H33IN4O3. The number of nitrogens with zero attached hydrogens (tertiary/aromatic N) is 1. The Morgan fingerprint density at radius 3 is 2.59 bits per heavy atom. The van der Waals surface area contributed by atoms with Gasteiger partial charge in [-0.05, 0) is 49.4 Å². The number of carbonyl (C=O) groups excluding carboxylic acids is 1. The molecule has 2 aromatic rings. The topological polar surface area (TPSA) is 84.0 Å². The highest BCUT2D eigenvalue weighted by Crippen LogP contribution is 2.30. The first-order valence-electron chi connectivity index (χ1n) is 10.8. The van der Waals surface area contributed by atoms with Crippen molar-refractivity contribution in [3.05, 3.63) is 53.6 Å². The van der Waals surface area contributed by atoms with Crippen LogP contribution < -0.4 is 25.4 Å². The molecule has 1 saturated carbocycles. The number of guanidine groups is 1. The minimum absolute atomic E-state index is 0.